The molecule has 1 heterocycles. The fourth-order valence-corrected chi connectivity index (χ4v) is 1.95. The standard InChI is InChI=1S/C12H12N2O2S/c1-16-8-9-3-2-4-10(7-9)11(15)14-12-13-5-6-17-12/h2-7H,8H2,1H3,(H,13,14,15). The zero-order valence-corrected chi connectivity index (χ0v) is 10.2. The van der Waals surface area contributed by atoms with Crippen molar-refractivity contribution in [2.45, 2.75) is 6.61 Å². The molecule has 1 N–H and O–H groups in total. The molecule has 0 atom stereocenters. The van der Waals surface area contributed by atoms with Gasteiger partial charge in [0.1, 0.15) is 0 Å². The number of hydrogen-bond donors (Lipinski definition) is 1. The van der Waals surface area contributed by atoms with E-state index in [0.29, 0.717) is 17.3 Å². The van der Waals surface area contributed by atoms with Gasteiger partial charge in [-0.3, -0.25) is 10.1 Å². The van der Waals surface area contributed by atoms with E-state index >= 15 is 0 Å². The summed E-state index contributed by atoms with van der Waals surface area (Å²) in [6.07, 6.45) is 1.65. The molecule has 17 heavy (non-hydrogen) atoms. The maximum Gasteiger partial charge on any atom is 0.257 e. The fraction of sp³-hybridized carbons (Fsp3) is 0.167. The first-order valence-electron chi connectivity index (χ1n) is 5.08. The molecule has 0 unspecified atom stereocenters. The quantitative estimate of drug-likeness (QED) is 0.904. The number of amides is 1. The Kier molecular flexibility index (Phi) is 3.85. The predicted octanol–water partition coefficient (Wildman–Crippen LogP) is 2.54. The molecule has 0 aliphatic heterocycles. The molecule has 4 nitrogen and oxygen atoms in total. The van der Waals surface area contributed by atoms with E-state index in [-0.39, 0.29) is 5.91 Å². The van der Waals surface area contributed by atoms with Gasteiger partial charge < -0.3 is 4.74 Å². The first-order valence-corrected chi connectivity index (χ1v) is 5.96. The van der Waals surface area contributed by atoms with E-state index in [2.05, 4.69) is 10.3 Å². The van der Waals surface area contributed by atoms with Crippen LogP contribution in [0.15, 0.2) is 35.8 Å². The number of anilines is 1. The Bertz CT molecular complexity index is 497. The van der Waals surface area contributed by atoms with Crippen LogP contribution in [0.5, 0.6) is 0 Å². The summed E-state index contributed by atoms with van der Waals surface area (Å²) in [5.74, 6) is -0.155. The van der Waals surface area contributed by atoms with Gasteiger partial charge in [-0.1, -0.05) is 12.1 Å². The smallest absolute Gasteiger partial charge is 0.257 e. The summed E-state index contributed by atoms with van der Waals surface area (Å²) in [5, 5.41) is 5.16. The number of carbonyl (C=O) groups excluding carboxylic acids is 1. The topological polar surface area (TPSA) is 51.2 Å². The SMILES string of the molecule is COCc1cccc(C(=O)Nc2nccs2)c1. The molecule has 2 aromatic rings. The van der Waals surface area contributed by atoms with Crippen LogP contribution in [0, 0.1) is 0 Å². The molecular formula is C12H12N2O2S. The second-order valence-electron chi connectivity index (χ2n) is 3.42. The normalized spacial score (nSPS) is 10.2. The molecule has 0 saturated heterocycles. The van der Waals surface area contributed by atoms with Crippen LogP contribution < -0.4 is 5.32 Å². The van der Waals surface area contributed by atoms with Crippen molar-refractivity contribution in [3.05, 3.63) is 47.0 Å². The van der Waals surface area contributed by atoms with Crippen molar-refractivity contribution in [2.75, 3.05) is 12.4 Å². The van der Waals surface area contributed by atoms with E-state index in [9.17, 15) is 4.79 Å². The summed E-state index contributed by atoms with van der Waals surface area (Å²) in [7, 11) is 1.63. The molecule has 0 fully saturated rings. The Labute approximate surface area is 103 Å². The molecule has 0 radical (unpaired) electrons. The van der Waals surface area contributed by atoms with Gasteiger partial charge in [0.2, 0.25) is 0 Å². The number of nitrogens with one attached hydrogen (secondary N) is 1. The second-order valence-corrected chi connectivity index (χ2v) is 4.32. The Morgan fingerprint density at radius 2 is 2.41 bits per heavy atom. The number of thiazole rings is 1. The molecule has 0 aliphatic carbocycles. The molecule has 1 aromatic carbocycles. The summed E-state index contributed by atoms with van der Waals surface area (Å²) in [4.78, 5) is 15.9. The van der Waals surface area contributed by atoms with Crippen molar-refractivity contribution >= 4 is 22.4 Å². The minimum absolute atomic E-state index is 0.155. The molecular weight excluding hydrogens is 236 g/mol. The molecule has 1 amide bonds. The summed E-state index contributed by atoms with van der Waals surface area (Å²) in [6.45, 7) is 0.498. The van der Waals surface area contributed by atoms with Gasteiger partial charge in [-0.2, -0.15) is 0 Å². The van der Waals surface area contributed by atoms with Gasteiger partial charge in [-0.25, -0.2) is 4.98 Å². The van der Waals surface area contributed by atoms with E-state index in [1.165, 1.54) is 11.3 Å². The molecule has 0 saturated carbocycles. The van der Waals surface area contributed by atoms with E-state index in [1.54, 1.807) is 19.4 Å². The Hall–Kier alpha value is -1.72. The highest BCUT2D eigenvalue weighted by atomic mass is 32.1. The van der Waals surface area contributed by atoms with Crippen LogP contribution in [-0.2, 0) is 11.3 Å². The van der Waals surface area contributed by atoms with Gasteiger partial charge in [-0.05, 0) is 17.7 Å². The van der Waals surface area contributed by atoms with Crippen LogP contribution in [0.25, 0.3) is 0 Å². The largest absolute Gasteiger partial charge is 0.380 e. The molecule has 1 aromatic heterocycles. The van der Waals surface area contributed by atoms with Crippen molar-refractivity contribution in [3.63, 3.8) is 0 Å². The van der Waals surface area contributed by atoms with Crippen LogP contribution in [0.3, 0.4) is 0 Å². The monoisotopic (exact) mass is 248 g/mol. The molecule has 0 spiro atoms. The number of rotatable bonds is 4. The molecule has 88 valence electrons. The highest BCUT2D eigenvalue weighted by molar-refractivity contribution is 7.13. The molecule has 2 rings (SSSR count). The maximum atomic E-state index is 11.9. The third-order valence-corrected chi connectivity index (χ3v) is 2.84. The van der Waals surface area contributed by atoms with Crippen molar-refractivity contribution in [1.82, 2.24) is 4.98 Å². The lowest BCUT2D eigenvalue weighted by Crippen LogP contribution is -2.11. The van der Waals surface area contributed by atoms with Gasteiger partial charge in [0.05, 0.1) is 6.61 Å². The number of aromatic nitrogens is 1. The van der Waals surface area contributed by atoms with Crippen LogP contribution in [0.4, 0.5) is 5.13 Å². The third kappa shape index (κ3) is 3.12. The molecule has 5 heteroatoms. The average molecular weight is 248 g/mol. The number of nitrogens with zero attached hydrogens (tertiary/aromatic N) is 1. The lowest BCUT2D eigenvalue weighted by Gasteiger charge is -2.04. The van der Waals surface area contributed by atoms with Crippen LogP contribution >= 0.6 is 11.3 Å². The van der Waals surface area contributed by atoms with Crippen LogP contribution in [0.2, 0.25) is 0 Å². The zero-order valence-electron chi connectivity index (χ0n) is 9.34. The molecule has 0 bridgehead atoms. The van der Waals surface area contributed by atoms with Gasteiger partial charge in [0, 0.05) is 24.3 Å². The Morgan fingerprint density at radius 3 is 3.12 bits per heavy atom. The van der Waals surface area contributed by atoms with E-state index < -0.39 is 0 Å². The minimum Gasteiger partial charge on any atom is -0.380 e. The summed E-state index contributed by atoms with van der Waals surface area (Å²) >= 11 is 1.39. The van der Waals surface area contributed by atoms with Crippen molar-refractivity contribution in [3.8, 4) is 0 Å². The Balaban J connectivity index is 2.11. The zero-order chi connectivity index (χ0) is 12.1. The Morgan fingerprint density at radius 1 is 1.53 bits per heavy atom. The van der Waals surface area contributed by atoms with Gasteiger partial charge in [0.15, 0.2) is 5.13 Å². The van der Waals surface area contributed by atoms with Crippen LogP contribution in [0.1, 0.15) is 15.9 Å². The van der Waals surface area contributed by atoms with Gasteiger partial charge in [0.25, 0.3) is 5.91 Å². The number of carbonyl (C=O) groups is 1. The number of ether oxygens (including phenoxy) is 1. The first-order chi connectivity index (χ1) is 8.29. The van der Waals surface area contributed by atoms with E-state index in [0.717, 1.165) is 5.56 Å². The van der Waals surface area contributed by atoms with Gasteiger partial charge >= 0.3 is 0 Å². The summed E-state index contributed by atoms with van der Waals surface area (Å²) in [6, 6.07) is 7.34. The number of hydrogen-bond acceptors (Lipinski definition) is 4. The van der Waals surface area contributed by atoms with Gasteiger partial charge in [-0.15, -0.1) is 11.3 Å². The van der Waals surface area contributed by atoms with Crippen molar-refractivity contribution < 1.29 is 9.53 Å². The van der Waals surface area contributed by atoms with Crippen molar-refractivity contribution in [1.29, 1.82) is 0 Å². The third-order valence-electron chi connectivity index (χ3n) is 2.15. The first kappa shape index (κ1) is 11.8. The number of benzene rings is 1. The summed E-state index contributed by atoms with van der Waals surface area (Å²) < 4.78 is 5.03. The van der Waals surface area contributed by atoms with E-state index in [1.807, 2.05) is 23.6 Å². The highest BCUT2D eigenvalue weighted by Gasteiger charge is 2.07. The molecule has 0 aliphatic rings. The maximum absolute atomic E-state index is 11.9. The van der Waals surface area contributed by atoms with Crippen LogP contribution in [-0.4, -0.2) is 18.0 Å². The minimum atomic E-state index is -0.155. The summed E-state index contributed by atoms with van der Waals surface area (Å²) in [5.41, 5.74) is 1.58. The fourth-order valence-electron chi connectivity index (χ4n) is 1.42. The average Bonchev–Trinajstić information content (AvgIpc) is 2.83. The lowest BCUT2D eigenvalue weighted by atomic mass is 10.1. The predicted molar refractivity (Wildman–Crippen MR) is 67.2 cm³/mol. The van der Waals surface area contributed by atoms with Crippen molar-refractivity contribution in [2.24, 2.45) is 0 Å². The second kappa shape index (κ2) is 5.56. The van der Waals surface area contributed by atoms with E-state index in [4.69, 9.17) is 4.74 Å². The highest BCUT2D eigenvalue weighted by Crippen LogP contribution is 2.13. The number of methoxy groups -OCH3 is 1. The lowest BCUT2D eigenvalue weighted by molar-refractivity contribution is 0.102.